The van der Waals surface area contributed by atoms with E-state index in [9.17, 15) is 4.79 Å². The van der Waals surface area contributed by atoms with Crippen LogP contribution in [0.25, 0.3) is 0 Å². The number of aliphatic imine (C=N–C) groups is 1. The first-order valence-corrected chi connectivity index (χ1v) is 9.98. The third-order valence-corrected chi connectivity index (χ3v) is 6.00. The lowest BCUT2D eigenvalue weighted by Crippen LogP contribution is -2.49. The lowest BCUT2D eigenvalue weighted by atomic mass is 10.1. The van der Waals surface area contributed by atoms with Crippen LogP contribution in [0.5, 0.6) is 0 Å². The number of nitrogens with zero attached hydrogens (tertiary/aromatic N) is 2. The van der Waals surface area contributed by atoms with Crippen LogP contribution in [0, 0.1) is 5.92 Å². The van der Waals surface area contributed by atoms with Crippen molar-refractivity contribution < 1.29 is 4.79 Å². The van der Waals surface area contributed by atoms with Gasteiger partial charge in [-0.2, -0.15) is 11.8 Å². The SMILES string of the molecule is CN=C(NCCc1cccc(C(=O)NC)c1)N1CCSC(C(C)C)C1.I. The van der Waals surface area contributed by atoms with Gasteiger partial charge in [0.2, 0.25) is 0 Å². The predicted octanol–water partition coefficient (Wildman–Crippen LogP) is 2.86. The lowest BCUT2D eigenvalue weighted by molar-refractivity contribution is 0.0963. The van der Waals surface area contributed by atoms with E-state index in [0.717, 1.165) is 43.3 Å². The molecule has 5 nitrogen and oxygen atoms in total. The van der Waals surface area contributed by atoms with E-state index in [0.29, 0.717) is 16.7 Å². The molecule has 0 aliphatic carbocycles. The number of carbonyl (C=O) groups excluding carboxylic acids is 1. The Kier molecular flexibility index (Phi) is 10.4. The highest BCUT2D eigenvalue weighted by atomic mass is 127. The molecule has 0 bridgehead atoms. The van der Waals surface area contributed by atoms with Crippen LogP contribution in [-0.4, -0.2) is 61.5 Å². The van der Waals surface area contributed by atoms with Gasteiger partial charge in [-0.1, -0.05) is 26.0 Å². The Balaban J connectivity index is 0.00000338. The minimum absolute atomic E-state index is 0. The highest BCUT2D eigenvalue weighted by Crippen LogP contribution is 2.24. The number of guanidine groups is 1. The fourth-order valence-electron chi connectivity index (χ4n) is 2.93. The normalized spacial score (nSPS) is 17.7. The number of thioether (sulfide) groups is 1. The van der Waals surface area contributed by atoms with E-state index in [1.807, 2.05) is 25.2 Å². The number of carbonyl (C=O) groups is 1. The summed E-state index contributed by atoms with van der Waals surface area (Å²) >= 11 is 2.07. The Morgan fingerprint density at radius 3 is 2.85 bits per heavy atom. The quantitative estimate of drug-likeness (QED) is 0.379. The molecule has 1 saturated heterocycles. The average molecular weight is 490 g/mol. The Bertz CT molecular complexity index is 609. The summed E-state index contributed by atoms with van der Waals surface area (Å²) in [6.07, 6.45) is 0.861. The number of nitrogens with one attached hydrogen (secondary N) is 2. The molecule has 0 saturated carbocycles. The third kappa shape index (κ3) is 6.64. The molecule has 1 aromatic carbocycles. The van der Waals surface area contributed by atoms with Gasteiger partial charge in [0, 0.05) is 50.3 Å². The minimum Gasteiger partial charge on any atom is -0.356 e. The largest absolute Gasteiger partial charge is 0.356 e. The topological polar surface area (TPSA) is 56.7 Å². The monoisotopic (exact) mass is 490 g/mol. The molecular formula is C19H31IN4OS. The second kappa shape index (κ2) is 11.7. The summed E-state index contributed by atoms with van der Waals surface area (Å²) in [5.41, 5.74) is 1.86. The van der Waals surface area contributed by atoms with Crippen molar-refractivity contribution >= 4 is 47.6 Å². The van der Waals surface area contributed by atoms with Crippen LogP contribution in [0.15, 0.2) is 29.3 Å². The van der Waals surface area contributed by atoms with Crippen LogP contribution in [0.4, 0.5) is 0 Å². The Labute approximate surface area is 178 Å². The van der Waals surface area contributed by atoms with Gasteiger partial charge in [0.1, 0.15) is 0 Å². The van der Waals surface area contributed by atoms with Crippen molar-refractivity contribution in [2.24, 2.45) is 10.9 Å². The highest BCUT2D eigenvalue weighted by molar-refractivity contribution is 14.0. The molecule has 26 heavy (non-hydrogen) atoms. The van der Waals surface area contributed by atoms with Gasteiger partial charge >= 0.3 is 0 Å². The van der Waals surface area contributed by atoms with Gasteiger partial charge in [0.05, 0.1) is 0 Å². The van der Waals surface area contributed by atoms with E-state index >= 15 is 0 Å². The molecule has 1 atom stereocenters. The van der Waals surface area contributed by atoms with E-state index in [2.05, 4.69) is 52.2 Å². The predicted molar refractivity (Wildman–Crippen MR) is 123 cm³/mol. The maximum Gasteiger partial charge on any atom is 0.251 e. The fraction of sp³-hybridized carbons (Fsp3) is 0.579. The molecule has 1 aromatic rings. The molecule has 1 fully saturated rings. The van der Waals surface area contributed by atoms with Crippen molar-refractivity contribution in [3.8, 4) is 0 Å². The number of hydrogen-bond acceptors (Lipinski definition) is 3. The summed E-state index contributed by atoms with van der Waals surface area (Å²) in [5, 5.41) is 6.81. The second-order valence-electron chi connectivity index (χ2n) is 6.60. The molecule has 146 valence electrons. The molecule has 1 heterocycles. The van der Waals surface area contributed by atoms with Crippen LogP contribution in [0.2, 0.25) is 0 Å². The molecule has 1 amide bonds. The van der Waals surface area contributed by atoms with Crippen molar-refractivity contribution in [1.29, 1.82) is 0 Å². The minimum atomic E-state index is -0.0452. The van der Waals surface area contributed by atoms with Crippen molar-refractivity contribution in [3.05, 3.63) is 35.4 Å². The Morgan fingerprint density at radius 1 is 1.42 bits per heavy atom. The summed E-state index contributed by atoms with van der Waals surface area (Å²) in [5.74, 6) is 2.76. The summed E-state index contributed by atoms with van der Waals surface area (Å²) in [4.78, 5) is 18.5. The van der Waals surface area contributed by atoms with Gasteiger partial charge in [-0.05, 0) is 30.0 Å². The van der Waals surface area contributed by atoms with E-state index in [1.54, 1.807) is 7.05 Å². The van der Waals surface area contributed by atoms with E-state index in [1.165, 1.54) is 0 Å². The maximum atomic E-state index is 11.7. The van der Waals surface area contributed by atoms with Crippen LogP contribution in [0.3, 0.4) is 0 Å². The molecule has 1 aliphatic heterocycles. The second-order valence-corrected chi connectivity index (χ2v) is 7.95. The first-order chi connectivity index (χ1) is 12.0. The number of benzene rings is 1. The smallest absolute Gasteiger partial charge is 0.251 e. The van der Waals surface area contributed by atoms with Gasteiger partial charge in [0.25, 0.3) is 5.91 Å². The summed E-state index contributed by atoms with van der Waals surface area (Å²) in [7, 11) is 3.50. The van der Waals surface area contributed by atoms with Gasteiger partial charge in [-0.15, -0.1) is 24.0 Å². The number of halogens is 1. The van der Waals surface area contributed by atoms with Gasteiger partial charge < -0.3 is 15.5 Å². The van der Waals surface area contributed by atoms with Gasteiger partial charge in [-0.3, -0.25) is 9.79 Å². The van der Waals surface area contributed by atoms with Crippen LogP contribution in [-0.2, 0) is 6.42 Å². The zero-order chi connectivity index (χ0) is 18.2. The van der Waals surface area contributed by atoms with Gasteiger partial charge in [0.15, 0.2) is 5.96 Å². The zero-order valence-corrected chi connectivity index (χ0v) is 19.3. The van der Waals surface area contributed by atoms with Crippen molar-refractivity contribution in [2.75, 3.05) is 39.5 Å². The highest BCUT2D eigenvalue weighted by Gasteiger charge is 2.24. The Hall–Kier alpha value is -0.960. The molecule has 1 aliphatic rings. The molecule has 2 N–H and O–H groups in total. The van der Waals surface area contributed by atoms with Crippen LogP contribution in [0.1, 0.15) is 29.8 Å². The average Bonchev–Trinajstić information content (AvgIpc) is 2.65. The van der Waals surface area contributed by atoms with Gasteiger partial charge in [-0.25, -0.2) is 0 Å². The molecular weight excluding hydrogens is 459 g/mol. The molecule has 7 heteroatoms. The number of hydrogen-bond donors (Lipinski definition) is 2. The van der Waals surface area contributed by atoms with Crippen LogP contribution < -0.4 is 10.6 Å². The van der Waals surface area contributed by atoms with Crippen molar-refractivity contribution in [3.63, 3.8) is 0 Å². The summed E-state index contributed by atoms with van der Waals surface area (Å²) < 4.78 is 0. The van der Waals surface area contributed by atoms with E-state index in [-0.39, 0.29) is 29.9 Å². The summed E-state index contributed by atoms with van der Waals surface area (Å²) in [6.45, 7) is 7.47. The maximum absolute atomic E-state index is 11.7. The molecule has 0 spiro atoms. The van der Waals surface area contributed by atoms with Crippen molar-refractivity contribution in [2.45, 2.75) is 25.5 Å². The molecule has 2 rings (SSSR count). The lowest BCUT2D eigenvalue weighted by Gasteiger charge is -2.36. The number of rotatable bonds is 5. The fourth-order valence-corrected chi connectivity index (χ4v) is 4.23. The molecule has 0 radical (unpaired) electrons. The summed E-state index contributed by atoms with van der Waals surface area (Å²) in [6, 6.07) is 7.79. The first-order valence-electron chi connectivity index (χ1n) is 8.93. The standard InChI is InChI=1S/C19H30N4OS.HI/c1-14(2)17-13-23(10-11-25-17)19(21-4)22-9-8-15-6-5-7-16(12-15)18(24)20-3;/h5-7,12,14,17H,8-11,13H2,1-4H3,(H,20,24)(H,21,22);1H. The first kappa shape index (κ1) is 23.1. The van der Waals surface area contributed by atoms with Crippen molar-refractivity contribution in [1.82, 2.24) is 15.5 Å². The number of amides is 1. The third-order valence-electron chi connectivity index (χ3n) is 4.46. The molecule has 0 aromatic heterocycles. The van der Waals surface area contributed by atoms with E-state index in [4.69, 9.17) is 0 Å². The van der Waals surface area contributed by atoms with Crippen LogP contribution >= 0.6 is 35.7 Å². The van der Waals surface area contributed by atoms with E-state index < -0.39 is 0 Å². The molecule has 1 unspecified atom stereocenters. The Morgan fingerprint density at radius 2 is 2.19 bits per heavy atom. The zero-order valence-electron chi connectivity index (χ0n) is 16.1.